The summed E-state index contributed by atoms with van der Waals surface area (Å²) in [5.41, 5.74) is 0.655. The second-order valence-electron chi connectivity index (χ2n) is 5.79. The minimum Gasteiger partial charge on any atom is -0.344 e. The molecule has 1 aromatic carbocycles. The predicted octanol–water partition coefficient (Wildman–Crippen LogP) is 2.35. The molecule has 0 atom stereocenters. The number of nitrogens with one attached hydrogen (secondary N) is 1. The van der Waals surface area contributed by atoms with Gasteiger partial charge in [0.25, 0.3) is 5.56 Å². The zero-order valence-electron chi connectivity index (χ0n) is 13.3. The summed E-state index contributed by atoms with van der Waals surface area (Å²) in [6.07, 6.45) is 9.35. The molecule has 1 heterocycles. The van der Waals surface area contributed by atoms with Crippen LogP contribution in [0.3, 0.4) is 0 Å². The fourth-order valence-electron chi connectivity index (χ4n) is 3.04. The Balaban J connectivity index is 1.95. The van der Waals surface area contributed by atoms with E-state index < -0.39 is 0 Å². The molecule has 1 N–H and O–H groups in total. The van der Waals surface area contributed by atoms with Gasteiger partial charge in [0.15, 0.2) is 5.16 Å². The Bertz CT molecular complexity index is 847. The van der Waals surface area contributed by atoms with Crippen LogP contribution in [-0.4, -0.2) is 27.8 Å². The molecule has 5 nitrogen and oxygen atoms in total. The van der Waals surface area contributed by atoms with E-state index in [9.17, 15) is 9.59 Å². The average Bonchev–Trinajstić information content (AvgIpc) is 3.12. The second-order valence-corrected chi connectivity index (χ2v) is 6.74. The highest BCUT2D eigenvalue weighted by molar-refractivity contribution is 7.99. The first-order valence-corrected chi connectivity index (χ1v) is 9.03. The number of thioether (sulfide) groups is 1. The molecule has 0 aliphatic heterocycles. The summed E-state index contributed by atoms with van der Waals surface area (Å²) >= 11 is 1.29. The maximum absolute atomic E-state index is 12.9. The van der Waals surface area contributed by atoms with Gasteiger partial charge < -0.3 is 5.32 Å². The van der Waals surface area contributed by atoms with Gasteiger partial charge in [0.05, 0.1) is 23.2 Å². The van der Waals surface area contributed by atoms with Crippen LogP contribution in [0.1, 0.15) is 31.7 Å². The Morgan fingerprint density at radius 3 is 2.88 bits per heavy atom. The summed E-state index contributed by atoms with van der Waals surface area (Å²) in [4.78, 5) is 29.4. The molecule has 1 saturated carbocycles. The van der Waals surface area contributed by atoms with Gasteiger partial charge in [-0.2, -0.15) is 0 Å². The SMILES string of the molecule is C#CCNC(=O)CSc1nc2ccccc2c(=O)n1C1CCCC1. The first-order valence-electron chi connectivity index (χ1n) is 8.05. The lowest BCUT2D eigenvalue weighted by Gasteiger charge is -2.18. The molecule has 1 aromatic heterocycles. The molecule has 2 aromatic rings. The zero-order chi connectivity index (χ0) is 16.9. The van der Waals surface area contributed by atoms with Gasteiger partial charge in [-0.15, -0.1) is 6.42 Å². The minimum absolute atomic E-state index is 0.0148. The lowest BCUT2D eigenvalue weighted by Crippen LogP contribution is -2.28. The number of carbonyl (C=O) groups excluding carboxylic acids is 1. The van der Waals surface area contributed by atoms with Gasteiger partial charge in [-0.3, -0.25) is 14.2 Å². The Kier molecular flexibility index (Phi) is 5.21. The van der Waals surface area contributed by atoms with Crippen molar-refractivity contribution < 1.29 is 4.79 Å². The van der Waals surface area contributed by atoms with Gasteiger partial charge in [0.1, 0.15) is 0 Å². The summed E-state index contributed by atoms with van der Waals surface area (Å²) in [5, 5.41) is 3.87. The fraction of sp³-hybridized carbons (Fsp3) is 0.389. The van der Waals surface area contributed by atoms with Crippen LogP contribution in [0.4, 0.5) is 0 Å². The topological polar surface area (TPSA) is 64.0 Å². The quantitative estimate of drug-likeness (QED) is 0.515. The summed E-state index contributed by atoms with van der Waals surface area (Å²) < 4.78 is 1.79. The average molecular weight is 341 g/mol. The van der Waals surface area contributed by atoms with Gasteiger partial charge >= 0.3 is 0 Å². The van der Waals surface area contributed by atoms with Gasteiger partial charge in [-0.05, 0) is 25.0 Å². The standard InChI is InChI=1S/C18H19N3O2S/c1-2-11-19-16(22)12-24-18-20-15-10-6-5-9-14(15)17(23)21(18)13-7-3-4-8-13/h1,5-6,9-10,13H,3-4,7-8,11-12H2,(H,19,22). The maximum atomic E-state index is 12.9. The van der Waals surface area contributed by atoms with Crippen LogP contribution < -0.4 is 10.9 Å². The Morgan fingerprint density at radius 2 is 2.12 bits per heavy atom. The zero-order valence-corrected chi connectivity index (χ0v) is 14.1. The third-order valence-corrected chi connectivity index (χ3v) is 5.14. The number of para-hydroxylation sites is 1. The van der Waals surface area contributed by atoms with Crippen LogP contribution >= 0.6 is 11.8 Å². The number of fused-ring (bicyclic) bond motifs is 1. The van der Waals surface area contributed by atoms with Gasteiger partial charge in [0, 0.05) is 6.04 Å². The van der Waals surface area contributed by atoms with Crippen LogP contribution in [0.15, 0.2) is 34.2 Å². The number of hydrogen-bond donors (Lipinski definition) is 1. The van der Waals surface area contributed by atoms with Crippen LogP contribution in [0.5, 0.6) is 0 Å². The Labute approximate surface area is 144 Å². The van der Waals surface area contributed by atoms with E-state index in [0.29, 0.717) is 16.1 Å². The fourth-order valence-corrected chi connectivity index (χ4v) is 3.94. The number of nitrogens with zero attached hydrogens (tertiary/aromatic N) is 2. The molecule has 124 valence electrons. The van der Waals surface area contributed by atoms with E-state index in [1.54, 1.807) is 4.57 Å². The summed E-state index contributed by atoms with van der Waals surface area (Å²) in [7, 11) is 0. The predicted molar refractivity (Wildman–Crippen MR) is 96.1 cm³/mol. The van der Waals surface area contributed by atoms with E-state index in [1.807, 2.05) is 24.3 Å². The number of benzene rings is 1. The molecule has 0 spiro atoms. The van der Waals surface area contributed by atoms with Crippen molar-refractivity contribution in [3.63, 3.8) is 0 Å². The third-order valence-electron chi connectivity index (χ3n) is 4.19. The van der Waals surface area contributed by atoms with Crippen molar-refractivity contribution in [2.75, 3.05) is 12.3 Å². The Morgan fingerprint density at radius 1 is 1.38 bits per heavy atom. The molecular weight excluding hydrogens is 322 g/mol. The highest BCUT2D eigenvalue weighted by atomic mass is 32.2. The molecule has 24 heavy (non-hydrogen) atoms. The third kappa shape index (κ3) is 3.46. The van der Waals surface area contributed by atoms with Crippen molar-refractivity contribution in [1.82, 2.24) is 14.9 Å². The molecule has 1 amide bonds. The molecule has 0 bridgehead atoms. The second kappa shape index (κ2) is 7.54. The van der Waals surface area contributed by atoms with Gasteiger partial charge in [0.2, 0.25) is 5.91 Å². The number of rotatable bonds is 5. The Hall–Kier alpha value is -2.26. The molecule has 6 heteroatoms. The van der Waals surface area contributed by atoms with Crippen LogP contribution in [0, 0.1) is 12.3 Å². The van der Waals surface area contributed by atoms with E-state index in [-0.39, 0.29) is 29.8 Å². The summed E-state index contributed by atoms with van der Waals surface area (Å²) in [6, 6.07) is 7.53. The van der Waals surface area contributed by atoms with Crippen LogP contribution in [-0.2, 0) is 4.79 Å². The van der Waals surface area contributed by atoms with Gasteiger partial charge in [-0.25, -0.2) is 4.98 Å². The van der Waals surface area contributed by atoms with Crippen molar-refractivity contribution in [3.05, 3.63) is 34.6 Å². The maximum Gasteiger partial charge on any atom is 0.262 e. The number of aromatic nitrogens is 2. The lowest BCUT2D eigenvalue weighted by atomic mass is 10.2. The first-order chi connectivity index (χ1) is 11.7. The van der Waals surface area contributed by atoms with Crippen LogP contribution in [0.2, 0.25) is 0 Å². The molecule has 3 rings (SSSR count). The number of hydrogen-bond acceptors (Lipinski definition) is 4. The lowest BCUT2D eigenvalue weighted by molar-refractivity contribution is -0.118. The van der Waals surface area contributed by atoms with Crippen molar-refractivity contribution >= 4 is 28.6 Å². The van der Waals surface area contributed by atoms with Crippen molar-refractivity contribution in [1.29, 1.82) is 0 Å². The van der Waals surface area contributed by atoms with E-state index in [1.165, 1.54) is 11.8 Å². The number of amides is 1. The summed E-state index contributed by atoms with van der Waals surface area (Å²) in [5.74, 6) is 2.41. The van der Waals surface area contributed by atoms with E-state index >= 15 is 0 Å². The monoisotopic (exact) mass is 341 g/mol. The molecular formula is C18H19N3O2S. The van der Waals surface area contributed by atoms with E-state index in [4.69, 9.17) is 6.42 Å². The molecule has 1 aliphatic carbocycles. The first kappa shape index (κ1) is 16.6. The summed E-state index contributed by atoms with van der Waals surface area (Å²) in [6.45, 7) is 0.208. The number of carbonyl (C=O) groups is 1. The van der Waals surface area contributed by atoms with E-state index in [0.717, 1.165) is 25.7 Å². The molecule has 0 saturated heterocycles. The van der Waals surface area contributed by atoms with Crippen molar-refractivity contribution in [2.24, 2.45) is 0 Å². The largest absolute Gasteiger partial charge is 0.344 e. The van der Waals surface area contributed by atoms with Gasteiger partial charge in [-0.1, -0.05) is 42.7 Å². The van der Waals surface area contributed by atoms with Crippen molar-refractivity contribution in [3.8, 4) is 12.3 Å². The molecule has 0 radical (unpaired) electrons. The normalized spacial score (nSPS) is 14.6. The van der Waals surface area contributed by atoms with E-state index in [2.05, 4.69) is 16.2 Å². The molecule has 0 unspecified atom stereocenters. The highest BCUT2D eigenvalue weighted by Crippen LogP contribution is 2.32. The molecule has 1 fully saturated rings. The highest BCUT2D eigenvalue weighted by Gasteiger charge is 2.23. The van der Waals surface area contributed by atoms with Crippen LogP contribution in [0.25, 0.3) is 10.9 Å². The molecule has 1 aliphatic rings. The minimum atomic E-state index is -0.154. The number of terminal acetylenes is 1. The smallest absolute Gasteiger partial charge is 0.262 e. The van der Waals surface area contributed by atoms with Crippen molar-refractivity contribution in [2.45, 2.75) is 36.9 Å².